The highest BCUT2D eigenvalue weighted by atomic mass is 16.2. The molecule has 5 rings (SSSR count). The summed E-state index contributed by atoms with van der Waals surface area (Å²) >= 11 is 0. The van der Waals surface area contributed by atoms with Crippen molar-refractivity contribution in [1.29, 1.82) is 0 Å². The highest BCUT2D eigenvalue weighted by Gasteiger charge is 2.64. The van der Waals surface area contributed by atoms with Crippen LogP contribution in [0.1, 0.15) is 42.0 Å². The number of benzene rings is 2. The lowest BCUT2D eigenvalue weighted by Gasteiger charge is -2.33. The molecule has 0 aromatic heterocycles. The fraction of sp³-hybridized carbons (Fsp3) is 0.435. The Balaban J connectivity index is 1.44. The summed E-state index contributed by atoms with van der Waals surface area (Å²) in [6, 6.07) is 19.6. The third-order valence-electron chi connectivity index (χ3n) is 6.93. The molecule has 26 heavy (non-hydrogen) atoms. The lowest BCUT2D eigenvalue weighted by atomic mass is 9.85. The standard InChI is InChI=1S/C23H26N2O/c1-17-8-5-6-11-19(17)15-24-16-20-14-21(18-9-3-2-4-10-18)25-13-7-12-23(20,25)22(24)26/h2-6,8-11,20-21H,7,12-16H2,1H3/t20-,21-,23-/m0/s1. The topological polar surface area (TPSA) is 23.6 Å². The van der Waals surface area contributed by atoms with Crippen molar-refractivity contribution in [3.8, 4) is 0 Å². The molecule has 0 unspecified atom stereocenters. The van der Waals surface area contributed by atoms with Gasteiger partial charge in [0.2, 0.25) is 5.91 Å². The Morgan fingerprint density at radius 1 is 1.08 bits per heavy atom. The van der Waals surface area contributed by atoms with Crippen molar-refractivity contribution < 1.29 is 4.79 Å². The van der Waals surface area contributed by atoms with Crippen LogP contribution >= 0.6 is 0 Å². The zero-order chi connectivity index (χ0) is 17.7. The fourth-order valence-electron chi connectivity index (χ4n) is 5.70. The van der Waals surface area contributed by atoms with E-state index in [0.717, 1.165) is 38.9 Å². The Kier molecular flexibility index (Phi) is 3.68. The van der Waals surface area contributed by atoms with Gasteiger partial charge >= 0.3 is 0 Å². The molecule has 3 nitrogen and oxygen atoms in total. The summed E-state index contributed by atoms with van der Waals surface area (Å²) < 4.78 is 0. The molecule has 1 spiro atoms. The fourth-order valence-corrected chi connectivity index (χ4v) is 5.70. The number of hydrogen-bond donors (Lipinski definition) is 0. The molecule has 3 saturated heterocycles. The van der Waals surface area contributed by atoms with Crippen molar-refractivity contribution in [3.05, 3.63) is 71.3 Å². The van der Waals surface area contributed by atoms with E-state index in [-0.39, 0.29) is 5.54 Å². The molecule has 2 aromatic carbocycles. The first-order chi connectivity index (χ1) is 12.7. The van der Waals surface area contributed by atoms with E-state index in [9.17, 15) is 4.79 Å². The molecule has 0 N–H and O–H groups in total. The van der Waals surface area contributed by atoms with Crippen molar-refractivity contribution in [2.75, 3.05) is 13.1 Å². The lowest BCUT2D eigenvalue weighted by molar-refractivity contribution is -0.137. The molecule has 3 heterocycles. The van der Waals surface area contributed by atoms with Crippen molar-refractivity contribution >= 4 is 5.91 Å². The van der Waals surface area contributed by atoms with Crippen LogP contribution in [0.4, 0.5) is 0 Å². The Morgan fingerprint density at radius 2 is 1.85 bits per heavy atom. The van der Waals surface area contributed by atoms with E-state index in [4.69, 9.17) is 0 Å². The molecular weight excluding hydrogens is 320 g/mol. The van der Waals surface area contributed by atoms with Crippen LogP contribution in [0.15, 0.2) is 54.6 Å². The van der Waals surface area contributed by atoms with Gasteiger partial charge in [0.05, 0.1) is 0 Å². The number of carbonyl (C=O) groups is 1. The molecule has 0 radical (unpaired) electrons. The smallest absolute Gasteiger partial charge is 0.243 e. The van der Waals surface area contributed by atoms with E-state index in [1.54, 1.807) is 0 Å². The predicted octanol–water partition coefficient (Wildman–Crippen LogP) is 3.93. The Labute approximate surface area is 155 Å². The largest absolute Gasteiger partial charge is 0.336 e. The molecule has 0 aliphatic carbocycles. The summed E-state index contributed by atoms with van der Waals surface area (Å²) in [4.78, 5) is 18.2. The molecule has 3 atom stereocenters. The maximum atomic E-state index is 13.6. The van der Waals surface area contributed by atoms with Gasteiger partial charge in [0.15, 0.2) is 0 Å². The first-order valence-corrected chi connectivity index (χ1v) is 9.86. The highest BCUT2D eigenvalue weighted by Crippen LogP contribution is 2.56. The quantitative estimate of drug-likeness (QED) is 0.841. The average Bonchev–Trinajstić information content (AvgIpc) is 3.29. The molecule has 0 bridgehead atoms. The number of aryl methyl sites for hydroxylation is 1. The van der Waals surface area contributed by atoms with Gasteiger partial charge in [-0.05, 0) is 49.4 Å². The number of nitrogens with zero attached hydrogens (tertiary/aromatic N) is 2. The van der Waals surface area contributed by atoms with Crippen LogP contribution in [0.5, 0.6) is 0 Å². The minimum absolute atomic E-state index is 0.233. The number of carbonyl (C=O) groups excluding carboxylic acids is 1. The number of amides is 1. The zero-order valence-corrected chi connectivity index (χ0v) is 15.4. The maximum absolute atomic E-state index is 13.6. The third-order valence-corrected chi connectivity index (χ3v) is 6.93. The first kappa shape index (κ1) is 16.1. The number of hydrogen-bond acceptors (Lipinski definition) is 2. The minimum Gasteiger partial charge on any atom is -0.336 e. The van der Waals surface area contributed by atoms with Crippen LogP contribution in [-0.2, 0) is 11.3 Å². The first-order valence-electron chi connectivity index (χ1n) is 9.86. The van der Waals surface area contributed by atoms with Crippen LogP contribution < -0.4 is 0 Å². The molecule has 2 aromatic rings. The van der Waals surface area contributed by atoms with Crippen LogP contribution in [0.3, 0.4) is 0 Å². The summed E-state index contributed by atoms with van der Waals surface area (Å²) in [5.41, 5.74) is 3.70. The minimum atomic E-state index is -0.233. The highest BCUT2D eigenvalue weighted by molar-refractivity contribution is 5.90. The van der Waals surface area contributed by atoms with E-state index in [0.29, 0.717) is 17.9 Å². The van der Waals surface area contributed by atoms with Crippen LogP contribution in [0.2, 0.25) is 0 Å². The second-order valence-corrected chi connectivity index (χ2v) is 8.19. The molecule has 3 aliphatic rings. The summed E-state index contributed by atoms with van der Waals surface area (Å²) in [7, 11) is 0. The summed E-state index contributed by atoms with van der Waals surface area (Å²) in [6.07, 6.45) is 3.29. The number of rotatable bonds is 3. The van der Waals surface area contributed by atoms with Crippen LogP contribution in [0, 0.1) is 12.8 Å². The van der Waals surface area contributed by atoms with Gasteiger partial charge in [0, 0.05) is 25.0 Å². The average molecular weight is 346 g/mol. The van der Waals surface area contributed by atoms with E-state index in [1.807, 2.05) is 0 Å². The third kappa shape index (κ3) is 2.20. The maximum Gasteiger partial charge on any atom is 0.243 e. The van der Waals surface area contributed by atoms with Gasteiger partial charge in [-0.3, -0.25) is 9.69 Å². The second kappa shape index (κ2) is 5.95. The van der Waals surface area contributed by atoms with E-state index in [2.05, 4.69) is 71.3 Å². The van der Waals surface area contributed by atoms with Gasteiger partial charge in [-0.25, -0.2) is 0 Å². The van der Waals surface area contributed by atoms with Crippen LogP contribution in [-0.4, -0.2) is 34.3 Å². The van der Waals surface area contributed by atoms with Crippen LogP contribution in [0.25, 0.3) is 0 Å². The van der Waals surface area contributed by atoms with E-state index in [1.165, 1.54) is 16.7 Å². The van der Waals surface area contributed by atoms with Crippen molar-refractivity contribution in [2.45, 2.75) is 44.3 Å². The number of likely N-dealkylation sites (tertiary alicyclic amines) is 1. The zero-order valence-electron chi connectivity index (χ0n) is 15.4. The Hall–Kier alpha value is -2.13. The molecule has 0 saturated carbocycles. The summed E-state index contributed by atoms with van der Waals surface area (Å²) in [5, 5.41) is 0. The SMILES string of the molecule is Cc1ccccc1CN1C[C@@H]2C[C@@H](c3ccccc3)N3CCC[C@@]23C1=O. The van der Waals surface area contributed by atoms with E-state index < -0.39 is 0 Å². The molecule has 3 heteroatoms. The summed E-state index contributed by atoms with van der Waals surface area (Å²) in [6.45, 7) is 4.86. The predicted molar refractivity (Wildman–Crippen MR) is 103 cm³/mol. The second-order valence-electron chi connectivity index (χ2n) is 8.19. The van der Waals surface area contributed by atoms with Crippen molar-refractivity contribution in [2.24, 2.45) is 5.92 Å². The van der Waals surface area contributed by atoms with Gasteiger partial charge in [-0.2, -0.15) is 0 Å². The summed E-state index contributed by atoms with van der Waals surface area (Å²) in [5.74, 6) is 0.841. The van der Waals surface area contributed by atoms with E-state index >= 15 is 0 Å². The Bertz CT molecular complexity index is 833. The molecule has 134 valence electrons. The van der Waals surface area contributed by atoms with Gasteiger partial charge in [0.25, 0.3) is 0 Å². The monoisotopic (exact) mass is 346 g/mol. The molecular formula is C23H26N2O. The van der Waals surface area contributed by atoms with Crippen molar-refractivity contribution in [1.82, 2.24) is 9.80 Å². The van der Waals surface area contributed by atoms with Crippen molar-refractivity contribution in [3.63, 3.8) is 0 Å². The molecule has 3 aliphatic heterocycles. The molecule has 3 fully saturated rings. The lowest BCUT2D eigenvalue weighted by Crippen LogP contribution is -2.49. The molecule has 1 amide bonds. The van der Waals surface area contributed by atoms with Gasteiger partial charge in [-0.15, -0.1) is 0 Å². The van der Waals surface area contributed by atoms with Gasteiger partial charge < -0.3 is 4.90 Å². The Morgan fingerprint density at radius 3 is 2.65 bits per heavy atom. The van der Waals surface area contributed by atoms with Gasteiger partial charge in [0.1, 0.15) is 5.54 Å². The van der Waals surface area contributed by atoms with Gasteiger partial charge in [-0.1, -0.05) is 54.6 Å². The normalized spacial score (nSPS) is 30.7.